The minimum absolute atomic E-state index is 0.773. The van der Waals surface area contributed by atoms with E-state index in [-0.39, 0.29) is 0 Å². The molecule has 0 bridgehead atoms. The molecular formula is C14H28OSi. The minimum Gasteiger partial charge on any atom is -0.548 e. The van der Waals surface area contributed by atoms with Gasteiger partial charge in [-0.25, -0.2) is 0 Å². The van der Waals surface area contributed by atoms with Gasteiger partial charge in [-0.15, -0.1) is 0 Å². The van der Waals surface area contributed by atoms with Crippen LogP contribution in [0.15, 0.2) is 11.8 Å². The van der Waals surface area contributed by atoms with Crippen LogP contribution in [0.1, 0.15) is 46.0 Å². The molecule has 1 aliphatic rings. The largest absolute Gasteiger partial charge is 0.548 e. The Balaban J connectivity index is 2.57. The summed E-state index contributed by atoms with van der Waals surface area (Å²) in [5.41, 5.74) is 0. The van der Waals surface area contributed by atoms with Gasteiger partial charge in [0.2, 0.25) is 8.32 Å². The molecule has 0 unspecified atom stereocenters. The van der Waals surface area contributed by atoms with Crippen LogP contribution in [0.2, 0.25) is 19.6 Å². The predicted octanol–water partition coefficient (Wildman–Crippen LogP) is 4.96. The zero-order valence-electron chi connectivity index (χ0n) is 11.7. The highest BCUT2D eigenvalue weighted by atomic mass is 28.4. The summed E-state index contributed by atoms with van der Waals surface area (Å²) in [5, 5.41) is 0. The Morgan fingerprint density at radius 2 is 2.06 bits per heavy atom. The van der Waals surface area contributed by atoms with Crippen molar-refractivity contribution in [3.8, 4) is 0 Å². The average molecular weight is 240 g/mol. The monoisotopic (exact) mass is 240 g/mol. The summed E-state index contributed by atoms with van der Waals surface area (Å²) >= 11 is 0. The maximum absolute atomic E-state index is 6.16. The third kappa shape index (κ3) is 5.20. The van der Waals surface area contributed by atoms with E-state index in [0.29, 0.717) is 0 Å². The number of rotatable bonds is 5. The van der Waals surface area contributed by atoms with Crippen molar-refractivity contribution >= 4 is 8.32 Å². The summed E-state index contributed by atoms with van der Waals surface area (Å²) in [7, 11) is -1.40. The Morgan fingerprint density at radius 3 is 2.62 bits per heavy atom. The van der Waals surface area contributed by atoms with Crippen molar-refractivity contribution in [1.82, 2.24) is 0 Å². The standard InChI is InChI=1S/C14H28OSi/c1-6-7-8-13-9-12(2)10-14(11-13)15-16(3,4)5/h11-13H,6-10H2,1-5H3/t12-,13+/m1/s1. The van der Waals surface area contributed by atoms with Crippen LogP contribution in [0.5, 0.6) is 0 Å². The highest BCUT2D eigenvalue weighted by Gasteiger charge is 2.24. The van der Waals surface area contributed by atoms with E-state index in [9.17, 15) is 0 Å². The fraction of sp³-hybridized carbons (Fsp3) is 0.857. The van der Waals surface area contributed by atoms with Crippen molar-refractivity contribution in [2.75, 3.05) is 0 Å². The van der Waals surface area contributed by atoms with Crippen LogP contribution in [0.3, 0.4) is 0 Å². The van der Waals surface area contributed by atoms with E-state index in [1.807, 2.05) is 0 Å². The first kappa shape index (κ1) is 13.8. The first-order valence-corrected chi connectivity index (χ1v) is 10.2. The van der Waals surface area contributed by atoms with Gasteiger partial charge in [0, 0.05) is 6.42 Å². The maximum Gasteiger partial charge on any atom is 0.241 e. The number of allylic oxidation sites excluding steroid dienone is 2. The van der Waals surface area contributed by atoms with Gasteiger partial charge in [0.25, 0.3) is 0 Å². The third-order valence-corrected chi connectivity index (χ3v) is 3.92. The van der Waals surface area contributed by atoms with Crippen LogP contribution in [0.25, 0.3) is 0 Å². The lowest BCUT2D eigenvalue weighted by atomic mass is 9.84. The highest BCUT2D eigenvalue weighted by molar-refractivity contribution is 6.70. The van der Waals surface area contributed by atoms with E-state index >= 15 is 0 Å². The molecule has 1 aliphatic carbocycles. The minimum atomic E-state index is -1.40. The summed E-state index contributed by atoms with van der Waals surface area (Å²) in [4.78, 5) is 0. The van der Waals surface area contributed by atoms with Gasteiger partial charge in [-0.3, -0.25) is 0 Å². The second-order valence-electron chi connectivity index (χ2n) is 6.29. The van der Waals surface area contributed by atoms with Crippen molar-refractivity contribution in [1.29, 1.82) is 0 Å². The smallest absolute Gasteiger partial charge is 0.241 e. The van der Waals surface area contributed by atoms with Gasteiger partial charge >= 0.3 is 0 Å². The number of unbranched alkanes of at least 4 members (excludes halogenated alkanes) is 1. The molecule has 0 amide bonds. The summed E-state index contributed by atoms with van der Waals surface area (Å²) < 4.78 is 6.16. The third-order valence-electron chi connectivity index (χ3n) is 3.04. The molecule has 0 aliphatic heterocycles. The molecule has 0 heterocycles. The highest BCUT2D eigenvalue weighted by Crippen LogP contribution is 2.32. The van der Waals surface area contributed by atoms with Gasteiger partial charge in [-0.2, -0.15) is 0 Å². The Labute approximate surface area is 102 Å². The predicted molar refractivity (Wildman–Crippen MR) is 73.9 cm³/mol. The molecule has 0 spiro atoms. The molecule has 0 aromatic carbocycles. The molecule has 0 N–H and O–H groups in total. The number of hydrogen-bond donors (Lipinski definition) is 0. The Hall–Kier alpha value is -0.243. The van der Waals surface area contributed by atoms with E-state index in [1.54, 1.807) is 0 Å². The summed E-state index contributed by atoms with van der Waals surface area (Å²) in [6, 6.07) is 0. The van der Waals surface area contributed by atoms with Crippen LogP contribution < -0.4 is 0 Å². The molecule has 2 atom stereocenters. The Kier molecular flexibility index (Phi) is 5.10. The van der Waals surface area contributed by atoms with Crippen molar-refractivity contribution in [2.24, 2.45) is 11.8 Å². The van der Waals surface area contributed by atoms with Gasteiger partial charge in [-0.05, 0) is 50.4 Å². The molecule has 0 saturated carbocycles. The van der Waals surface area contributed by atoms with Crippen LogP contribution >= 0.6 is 0 Å². The van der Waals surface area contributed by atoms with Gasteiger partial charge in [0.05, 0.1) is 5.76 Å². The molecule has 0 saturated heterocycles. The lowest BCUT2D eigenvalue weighted by Crippen LogP contribution is -2.27. The fourth-order valence-electron chi connectivity index (χ4n) is 2.48. The normalized spacial score (nSPS) is 26.4. The van der Waals surface area contributed by atoms with Crippen LogP contribution in [0.4, 0.5) is 0 Å². The first-order valence-electron chi connectivity index (χ1n) is 6.80. The average Bonchev–Trinajstić information content (AvgIpc) is 2.10. The van der Waals surface area contributed by atoms with E-state index in [2.05, 4.69) is 39.6 Å². The SMILES string of the molecule is CCCC[C@@H]1C=C(O[Si](C)(C)C)C[C@H](C)C1. The Morgan fingerprint density at radius 1 is 1.38 bits per heavy atom. The van der Waals surface area contributed by atoms with E-state index in [1.165, 1.54) is 31.4 Å². The first-order chi connectivity index (χ1) is 7.40. The Bertz CT molecular complexity index is 240. The number of hydrogen-bond acceptors (Lipinski definition) is 1. The molecule has 0 fully saturated rings. The zero-order valence-corrected chi connectivity index (χ0v) is 12.7. The molecule has 0 aromatic rings. The molecule has 1 rings (SSSR count). The molecule has 2 heteroatoms. The second-order valence-corrected chi connectivity index (χ2v) is 10.7. The van der Waals surface area contributed by atoms with Crippen molar-refractivity contribution < 1.29 is 4.43 Å². The summed E-state index contributed by atoms with van der Waals surface area (Å²) in [5.74, 6) is 2.87. The van der Waals surface area contributed by atoms with Gasteiger partial charge in [0.1, 0.15) is 0 Å². The maximum atomic E-state index is 6.16. The van der Waals surface area contributed by atoms with Crippen LogP contribution in [0, 0.1) is 11.8 Å². The molecule has 1 nitrogen and oxygen atoms in total. The van der Waals surface area contributed by atoms with Crippen molar-refractivity contribution in [2.45, 2.75) is 65.6 Å². The zero-order chi connectivity index (χ0) is 12.2. The molecular weight excluding hydrogens is 212 g/mol. The van der Waals surface area contributed by atoms with Gasteiger partial charge in [0.15, 0.2) is 0 Å². The molecule has 16 heavy (non-hydrogen) atoms. The lowest BCUT2D eigenvalue weighted by Gasteiger charge is -2.30. The van der Waals surface area contributed by atoms with E-state index < -0.39 is 8.32 Å². The van der Waals surface area contributed by atoms with Crippen LogP contribution in [-0.2, 0) is 4.43 Å². The second kappa shape index (κ2) is 5.90. The van der Waals surface area contributed by atoms with Crippen molar-refractivity contribution in [3.63, 3.8) is 0 Å². The molecule has 94 valence electrons. The molecule has 0 aromatic heterocycles. The molecule has 0 radical (unpaired) electrons. The quantitative estimate of drug-likeness (QED) is 0.617. The lowest BCUT2D eigenvalue weighted by molar-refractivity contribution is 0.302. The van der Waals surface area contributed by atoms with E-state index in [4.69, 9.17) is 4.43 Å². The van der Waals surface area contributed by atoms with Crippen molar-refractivity contribution in [3.05, 3.63) is 11.8 Å². The fourth-order valence-corrected chi connectivity index (χ4v) is 3.42. The summed E-state index contributed by atoms with van der Waals surface area (Å²) in [6.07, 6.45) is 8.95. The van der Waals surface area contributed by atoms with Gasteiger partial charge < -0.3 is 4.43 Å². The van der Waals surface area contributed by atoms with Crippen LogP contribution in [-0.4, -0.2) is 8.32 Å². The topological polar surface area (TPSA) is 9.23 Å². The van der Waals surface area contributed by atoms with Gasteiger partial charge in [-0.1, -0.05) is 26.7 Å². The summed E-state index contributed by atoms with van der Waals surface area (Å²) in [6.45, 7) is 11.4. The van der Waals surface area contributed by atoms with E-state index in [0.717, 1.165) is 18.3 Å².